The van der Waals surface area contributed by atoms with E-state index in [2.05, 4.69) is 20.4 Å². The molecule has 90 valence electrons. The molecule has 17 heavy (non-hydrogen) atoms. The molecule has 0 aliphatic carbocycles. The molecule has 0 aliphatic rings. The molecular weight excluding hydrogens is 220 g/mol. The summed E-state index contributed by atoms with van der Waals surface area (Å²) in [6, 6.07) is 3.52. The summed E-state index contributed by atoms with van der Waals surface area (Å²) in [5.41, 5.74) is 0.800. The number of ether oxygens (including phenoxy) is 1. The molecule has 0 fully saturated rings. The van der Waals surface area contributed by atoms with E-state index in [4.69, 9.17) is 9.26 Å². The number of rotatable bonds is 6. The van der Waals surface area contributed by atoms with Crippen LogP contribution in [-0.2, 0) is 6.54 Å². The molecule has 0 spiro atoms. The fraction of sp³-hybridized carbons (Fsp3) is 0.364. The van der Waals surface area contributed by atoms with E-state index in [1.54, 1.807) is 18.3 Å². The Bertz CT molecular complexity index is 444. The minimum Gasteiger partial charge on any atom is -0.478 e. The summed E-state index contributed by atoms with van der Waals surface area (Å²) in [7, 11) is 0. The van der Waals surface area contributed by atoms with Crippen molar-refractivity contribution in [1.29, 1.82) is 0 Å². The smallest absolute Gasteiger partial charge is 0.226 e. The normalized spacial score (nSPS) is 10.2. The first-order valence-electron chi connectivity index (χ1n) is 5.47. The molecule has 0 bridgehead atoms. The van der Waals surface area contributed by atoms with Gasteiger partial charge in [-0.15, -0.1) is 0 Å². The summed E-state index contributed by atoms with van der Waals surface area (Å²) in [6.07, 6.45) is 4.13. The highest BCUT2D eigenvalue weighted by atomic mass is 16.5. The van der Waals surface area contributed by atoms with Crippen molar-refractivity contribution in [3.63, 3.8) is 0 Å². The molecule has 0 aliphatic heterocycles. The Morgan fingerprint density at radius 1 is 1.41 bits per heavy atom. The maximum absolute atomic E-state index is 5.41. The van der Waals surface area contributed by atoms with Crippen LogP contribution in [0.1, 0.15) is 19.0 Å². The fourth-order valence-corrected chi connectivity index (χ4v) is 1.21. The topological polar surface area (TPSA) is 73.1 Å². The number of hydrogen-bond donors (Lipinski definition) is 1. The lowest BCUT2D eigenvalue weighted by molar-refractivity contribution is 0.305. The highest BCUT2D eigenvalue weighted by Crippen LogP contribution is 2.09. The lowest BCUT2D eigenvalue weighted by atomic mass is 10.4. The molecule has 2 aromatic heterocycles. The van der Waals surface area contributed by atoms with E-state index >= 15 is 0 Å². The minimum atomic E-state index is 0.515. The zero-order valence-electron chi connectivity index (χ0n) is 9.59. The van der Waals surface area contributed by atoms with Crippen LogP contribution in [0.25, 0.3) is 0 Å². The number of hydrogen-bond acceptors (Lipinski definition) is 6. The second kappa shape index (κ2) is 5.83. The number of nitrogens with zero attached hydrogens (tertiary/aromatic N) is 3. The average molecular weight is 234 g/mol. The molecule has 2 aromatic rings. The van der Waals surface area contributed by atoms with Crippen LogP contribution in [0.5, 0.6) is 5.88 Å². The highest BCUT2D eigenvalue weighted by molar-refractivity contribution is 5.28. The van der Waals surface area contributed by atoms with Gasteiger partial charge in [0.2, 0.25) is 11.8 Å². The molecule has 0 aromatic carbocycles. The maximum Gasteiger partial charge on any atom is 0.226 e. The van der Waals surface area contributed by atoms with Gasteiger partial charge in [-0.3, -0.25) is 0 Å². The van der Waals surface area contributed by atoms with Crippen LogP contribution in [0.3, 0.4) is 0 Å². The fourth-order valence-electron chi connectivity index (χ4n) is 1.21. The van der Waals surface area contributed by atoms with Crippen molar-refractivity contribution in [1.82, 2.24) is 15.1 Å². The molecule has 0 atom stereocenters. The Labute approximate surface area is 99.0 Å². The predicted molar refractivity (Wildman–Crippen MR) is 61.6 cm³/mol. The van der Waals surface area contributed by atoms with Gasteiger partial charge in [0, 0.05) is 18.3 Å². The standard InChI is InChI=1S/C11H14N4O2/c1-2-6-16-10-3-5-12-11(14-10)13-8-9-4-7-17-15-9/h3-5,7H,2,6,8H2,1H3,(H,12,13,14). The molecule has 0 unspecified atom stereocenters. The van der Waals surface area contributed by atoms with E-state index in [1.165, 1.54) is 6.26 Å². The van der Waals surface area contributed by atoms with Crippen LogP contribution in [0.4, 0.5) is 5.95 Å². The second-order valence-corrected chi connectivity index (χ2v) is 3.41. The van der Waals surface area contributed by atoms with Gasteiger partial charge in [0.25, 0.3) is 0 Å². The monoisotopic (exact) mass is 234 g/mol. The van der Waals surface area contributed by atoms with Crippen molar-refractivity contribution >= 4 is 5.95 Å². The Hall–Kier alpha value is -2.11. The maximum atomic E-state index is 5.41. The summed E-state index contributed by atoms with van der Waals surface area (Å²) in [5.74, 6) is 1.09. The third-order valence-electron chi connectivity index (χ3n) is 2.00. The Balaban J connectivity index is 1.91. The number of aromatic nitrogens is 3. The summed E-state index contributed by atoms with van der Waals surface area (Å²) in [6.45, 7) is 3.22. The third kappa shape index (κ3) is 3.44. The Kier molecular flexibility index (Phi) is 3.90. The quantitative estimate of drug-likeness (QED) is 0.822. The summed E-state index contributed by atoms with van der Waals surface area (Å²) >= 11 is 0. The van der Waals surface area contributed by atoms with E-state index < -0.39 is 0 Å². The second-order valence-electron chi connectivity index (χ2n) is 3.41. The van der Waals surface area contributed by atoms with Gasteiger partial charge in [0.05, 0.1) is 13.2 Å². The molecule has 1 N–H and O–H groups in total. The zero-order chi connectivity index (χ0) is 11.9. The summed E-state index contributed by atoms with van der Waals surface area (Å²) < 4.78 is 10.1. The van der Waals surface area contributed by atoms with Crippen LogP contribution in [0.15, 0.2) is 29.1 Å². The molecule has 6 heteroatoms. The third-order valence-corrected chi connectivity index (χ3v) is 2.00. The zero-order valence-corrected chi connectivity index (χ0v) is 9.59. The Morgan fingerprint density at radius 3 is 3.12 bits per heavy atom. The molecule has 0 saturated carbocycles. The van der Waals surface area contributed by atoms with Gasteiger partial charge >= 0.3 is 0 Å². The van der Waals surface area contributed by atoms with E-state index in [0.717, 1.165) is 12.1 Å². The largest absolute Gasteiger partial charge is 0.478 e. The van der Waals surface area contributed by atoms with Gasteiger partial charge in [0.15, 0.2) is 0 Å². The van der Waals surface area contributed by atoms with Crippen LogP contribution in [-0.4, -0.2) is 21.7 Å². The highest BCUT2D eigenvalue weighted by Gasteiger charge is 2.01. The SMILES string of the molecule is CCCOc1ccnc(NCc2ccon2)n1. The van der Waals surface area contributed by atoms with Crippen molar-refractivity contribution in [2.75, 3.05) is 11.9 Å². The molecule has 2 rings (SSSR count). The first kappa shape index (κ1) is 11.4. The van der Waals surface area contributed by atoms with Gasteiger partial charge in [0.1, 0.15) is 12.0 Å². The van der Waals surface area contributed by atoms with Crippen molar-refractivity contribution in [3.05, 3.63) is 30.3 Å². The van der Waals surface area contributed by atoms with Gasteiger partial charge in [-0.1, -0.05) is 12.1 Å². The molecule has 0 amide bonds. The van der Waals surface area contributed by atoms with Crippen molar-refractivity contribution in [3.8, 4) is 5.88 Å². The van der Waals surface area contributed by atoms with E-state index in [0.29, 0.717) is 25.0 Å². The van der Waals surface area contributed by atoms with E-state index in [9.17, 15) is 0 Å². The summed E-state index contributed by atoms with van der Waals surface area (Å²) in [4.78, 5) is 8.29. The number of anilines is 1. The molecule has 2 heterocycles. The predicted octanol–water partition coefficient (Wildman–Crippen LogP) is 1.87. The molecule has 0 radical (unpaired) electrons. The minimum absolute atomic E-state index is 0.515. The first-order chi connectivity index (χ1) is 8.38. The lowest BCUT2D eigenvalue weighted by Gasteiger charge is -2.05. The number of nitrogens with one attached hydrogen (secondary N) is 1. The van der Waals surface area contributed by atoms with Crippen LogP contribution >= 0.6 is 0 Å². The molecule has 0 saturated heterocycles. The van der Waals surface area contributed by atoms with Crippen molar-refractivity contribution < 1.29 is 9.26 Å². The van der Waals surface area contributed by atoms with Gasteiger partial charge in [-0.05, 0) is 6.42 Å². The van der Waals surface area contributed by atoms with E-state index in [-0.39, 0.29) is 0 Å². The van der Waals surface area contributed by atoms with E-state index in [1.807, 2.05) is 6.92 Å². The van der Waals surface area contributed by atoms with Crippen molar-refractivity contribution in [2.45, 2.75) is 19.9 Å². The van der Waals surface area contributed by atoms with Gasteiger partial charge in [-0.25, -0.2) is 4.98 Å². The molecular formula is C11H14N4O2. The Morgan fingerprint density at radius 2 is 2.35 bits per heavy atom. The first-order valence-corrected chi connectivity index (χ1v) is 5.47. The van der Waals surface area contributed by atoms with Crippen LogP contribution < -0.4 is 10.1 Å². The van der Waals surface area contributed by atoms with Crippen molar-refractivity contribution in [2.24, 2.45) is 0 Å². The lowest BCUT2D eigenvalue weighted by Crippen LogP contribution is -2.05. The summed E-state index contributed by atoms with van der Waals surface area (Å²) in [5, 5.41) is 6.82. The van der Waals surface area contributed by atoms with Gasteiger partial charge < -0.3 is 14.6 Å². The van der Waals surface area contributed by atoms with Gasteiger partial charge in [-0.2, -0.15) is 4.98 Å². The van der Waals surface area contributed by atoms with Crippen LogP contribution in [0, 0.1) is 0 Å². The molecule has 6 nitrogen and oxygen atoms in total. The average Bonchev–Trinajstić information content (AvgIpc) is 2.87. The van der Waals surface area contributed by atoms with Crippen LogP contribution in [0.2, 0.25) is 0 Å².